The Morgan fingerprint density at radius 1 is 1.00 bits per heavy atom. The Labute approximate surface area is 179 Å². The molecule has 0 bridgehead atoms. The molecule has 1 N–H and O–H groups in total. The minimum Gasteiger partial charge on any atom is -0.496 e. The highest BCUT2D eigenvalue weighted by atomic mass is 16.5. The summed E-state index contributed by atoms with van der Waals surface area (Å²) in [6.07, 6.45) is 0.724. The zero-order valence-corrected chi connectivity index (χ0v) is 18.2. The van der Waals surface area contributed by atoms with Crippen LogP contribution < -0.4 is 14.4 Å². The lowest BCUT2D eigenvalue weighted by Crippen LogP contribution is -2.36. The third kappa shape index (κ3) is 4.26. The van der Waals surface area contributed by atoms with E-state index < -0.39 is 5.60 Å². The van der Waals surface area contributed by atoms with Gasteiger partial charge < -0.3 is 24.2 Å². The second kappa shape index (κ2) is 8.84. The Kier molecular flexibility index (Phi) is 6.18. The fourth-order valence-corrected chi connectivity index (χ4v) is 4.47. The molecule has 30 heavy (non-hydrogen) atoms. The van der Waals surface area contributed by atoms with E-state index in [9.17, 15) is 5.11 Å². The summed E-state index contributed by atoms with van der Waals surface area (Å²) in [7, 11) is 3.42. The summed E-state index contributed by atoms with van der Waals surface area (Å²) in [5, 5.41) is 11.2. The third-order valence-corrected chi connectivity index (χ3v) is 6.24. The van der Waals surface area contributed by atoms with Gasteiger partial charge >= 0.3 is 0 Å². The molecule has 2 fully saturated rings. The van der Waals surface area contributed by atoms with E-state index in [0.717, 1.165) is 67.6 Å². The van der Waals surface area contributed by atoms with Gasteiger partial charge in [-0.2, -0.15) is 0 Å². The van der Waals surface area contributed by atoms with E-state index in [2.05, 4.69) is 41.0 Å². The normalized spacial score (nSPS) is 22.3. The first kappa shape index (κ1) is 21.0. The number of rotatable bonds is 6. The van der Waals surface area contributed by atoms with E-state index in [-0.39, 0.29) is 0 Å². The van der Waals surface area contributed by atoms with Crippen molar-refractivity contribution in [1.82, 2.24) is 4.90 Å². The number of methoxy groups -OCH3 is 2. The summed E-state index contributed by atoms with van der Waals surface area (Å²) in [6.45, 7) is 7.33. The molecule has 6 nitrogen and oxygen atoms in total. The second-order valence-corrected chi connectivity index (χ2v) is 8.29. The maximum atomic E-state index is 11.2. The first-order chi connectivity index (χ1) is 14.5. The van der Waals surface area contributed by atoms with Crippen LogP contribution in [0, 0.1) is 6.92 Å². The number of benzene rings is 2. The van der Waals surface area contributed by atoms with Crippen molar-refractivity contribution in [3.8, 4) is 11.5 Å². The van der Waals surface area contributed by atoms with E-state index >= 15 is 0 Å². The highest BCUT2D eigenvalue weighted by Crippen LogP contribution is 2.38. The molecule has 162 valence electrons. The zero-order chi connectivity index (χ0) is 21.1. The molecule has 0 unspecified atom stereocenters. The molecular formula is C24H32N2O4. The molecule has 4 rings (SSSR count). The first-order valence-electron chi connectivity index (χ1n) is 10.6. The van der Waals surface area contributed by atoms with Gasteiger partial charge in [-0.3, -0.25) is 4.90 Å². The number of nitrogens with zero attached hydrogens (tertiary/aromatic N) is 2. The van der Waals surface area contributed by atoms with Crippen LogP contribution in [0.4, 0.5) is 5.69 Å². The quantitative estimate of drug-likeness (QED) is 0.787. The Morgan fingerprint density at radius 3 is 2.37 bits per heavy atom. The van der Waals surface area contributed by atoms with Crippen LogP contribution in [0.1, 0.15) is 23.1 Å². The smallest absolute Gasteiger partial charge is 0.142 e. The van der Waals surface area contributed by atoms with Crippen molar-refractivity contribution in [1.29, 1.82) is 0 Å². The Hall–Kier alpha value is -2.28. The molecule has 0 amide bonds. The van der Waals surface area contributed by atoms with Crippen molar-refractivity contribution in [3.05, 3.63) is 53.1 Å². The van der Waals surface area contributed by atoms with E-state index in [4.69, 9.17) is 14.2 Å². The van der Waals surface area contributed by atoms with Gasteiger partial charge in [0.1, 0.15) is 17.1 Å². The third-order valence-electron chi connectivity index (χ3n) is 6.24. The average Bonchev–Trinajstić information content (AvgIpc) is 3.16. The van der Waals surface area contributed by atoms with Gasteiger partial charge in [0.2, 0.25) is 0 Å². The Bertz CT molecular complexity index is 864. The van der Waals surface area contributed by atoms with Crippen molar-refractivity contribution in [2.75, 3.05) is 58.5 Å². The van der Waals surface area contributed by atoms with Gasteiger partial charge in [0, 0.05) is 44.4 Å². The van der Waals surface area contributed by atoms with Crippen molar-refractivity contribution < 1.29 is 19.3 Å². The predicted octanol–water partition coefficient (Wildman–Crippen LogP) is 2.94. The molecule has 2 aliphatic heterocycles. The molecule has 0 spiro atoms. The number of hydrogen-bond donors (Lipinski definition) is 1. The molecule has 0 saturated carbocycles. The molecule has 2 heterocycles. The molecule has 2 aromatic carbocycles. The highest BCUT2D eigenvalue weighted by Gasteiger charge is 2.37. The Morgan fingerprint density at radius 2 is 1.70 bits per heavy atom. The number of aryl methyl sites for hydroxylation is 1. The fourth-order valence-electron chi connectivity index (χ4n) is 4.47. The van der Waals surface area contributed by atoms with Gasteiger partial charge in [0.05, 0.1) is 33.1 Å². The highest BCUT2D eigenvalue weighted by molar-refractivity contribution is 5.64. The molecule has 2 aromatic rings. The van der Waals surface area contributed by atoms with Crippen LogP contribution in [0.3, 0.4) is 0 Å². The first-order valence-corrected chi connectivity index (χ1v) is 10.6. The van der Waals surface area contributed by atoms with Crippen LogP contribution >= 0.6 is 0 Å². The maximum Gasteiger partial charge on any atom is 0.142 e. The van der Waals surface area contributed by atoms with Crippen LogP contribution in [0.5, 0.6) is 11.5 Å². The second-order valence-electron chi connectivity index (χ2n) is 8.29. The SMILES string of the molecule is COc1cc(N2CCOCC2)c(OC)cc1CN1CC[C@@](O)(c2ccc(C)cc2)C1. The monoisotopic (exact) mass is 412 g/mol. The number of hydrogen-bond acceptors (Lipinski definition) is 6. The summed E-state index contributed by atoms with van der Waals surface area (Å²) in [6, 6.07) is 12.4. The van der Waals surface area contributed by atoms with E-state index in [1.54, 1.807) is 14.2 Å². The standard InChI is InChI=1S/C24H32N2O4/c1-18-4-6-20(7-5-18)24(27)8-9-25(17-24)16-19-14-23(29-3)21(15-22(19)28-2)26-10-12-30-13-11-26/h4-7,14-15,27H,8-13,16-17H2,1-3H3/t24-/m0/s1. The van der Waals surface area contributed by atoms with E-state index in [0.29, 0.717) is 13.1 Å². The van der Waals surface area contributed by atoms with Crippen LogP contribution in [0.25, 0.3) is 0 Å². The molecule has 0 aliphatic carbocycles. The van der Waals surface area contributed by atoms with Gasteiger partial charge in [-0.1, -0.05) is 29.8 Å². The molecule has 2 aliphatic rings. The minimum atomic E-state index is -0.807. The summed E-state index contributed by atoms with van der Waals surface area (Å²) in [5.74, 6) is 1.70. The van der Waals surface area contributed by atoms with Gasteiger partial charge in [-0.05, 0) is 25.0 Å². The summed E-state index contributed by atoms with van der Waals surface area (Å²) in [4.78, 5) is 4.56. The lowest BCUT2D eigenvalue weighted by molar-refractivity contribution is 0.0452. The number of morpholine rings is 1. The molecule has 1 atom stereocenters. The largest absolute Gasteiger partial charge is 0.496 e. The van der Waals surface area contributed by atoms with Gasteiger partial charge in [0.15, 0.2) is 0 Å². The molecular weight excluding hydrogens is 380 g/mol. The summed E-state index contributed by atoms with van der Waals surface area (Å²) >= 11 is 0. The Balaban J connectivity index is 1.53. The van der Waals surface area contributed by atoms with Crippen molar-refractivity contribution in [3.63, 3.8) is 0 Å². The fraction of sp³-hybridized carbons (Fsp3) is 0.500. The maximum absolute atomic E-state index is 11.2. The number of likely N-dealkylation sites (tertiary alicyclic amines) is 1. The van der Waals surface area contributed by atoms with E-state index in [1.165, 1.54) is 5.56 Å². The zero-order valence-electron chi connectivity index (χ0n) is 18.2. The number of aliphatic hydroxyl groups is 1. The summed E-state index contributed by atoms with van der Waals surface area (Å²) in [5.41, 5.74) is 3.49. The lowest BCUT2D eigenvalue weighted by Gasteiger charge is -2.31. The van der Waals surface area contributed by atoms with Crippen LogP contribution in [-0.2, 0) is 16.9 Å². The lowest BCUT2D eigenvalue weighted by atomic mass is 9.92. The molecule has 0 radical (unpaired) electrons. The number of anilines is 1. The van der Waals surface area contributed by atoms with Crippen molar-refractivity contribution in [2.45, 2.75) is 25.5 Å². The minimum absolute atomic E-state index is 0.604. The van der Waals surface area contributed by atoms with Crippen LogP contribution in [0.2, 0.25) is 0 Å². The van der Waals surface area contributed by atoms with Crippen LogP contribution in [-0.4, -0.2) is 63.6 Å². The topological polar surface area (TPSA) is 54.4 Å². The molecule has 0 aromatic heterocycles. The van der Waals surface area contributed by atoms with Crippen LogP contribution in [0.15, 0.2) is 36.4 Å². The molecule has 6 heteroatoms. The van der Waals surface area contributed by atoms with Crippen molar-refractivity contribution in [2.24, 2.45) is 0 Å². The predicted molar refractivity (Wildman–Crippen MR) is 118 cm³/mol. The van der Waals surface area contributed by atoms with Gasteiger partial charge in [-0.25, -0.2) is 0 Å². The van der Waals surface area contributed by atoms with Crippen molar-refractivity contribution >= 4 is 5.69 Å². The molecule has 2 saturated heterocycles. The number of β-amino-alcohol motifs (C(OH)–C–C–N with tert-alkyl or cyclic N) is 1. The average molecular weight is 413 g/mol. The van der Waals surface area contributed by atoms with Gasteiger partial charge in [-0.15, -0.1) is 0 Å². The van der Waals surface area contributed by atoms with E-state index in [1.807, 2.05) is 12.1 Å². The van der Waals surface area contributed by atoms with Gasteiger partial charge in [0.25, 0.3) is 0 Å². The number of ether oxygens (including phenoxy) is 3. The summed E-state index contributed by atoms with van der Waals surface area (Å²) < 4.78 is 16.9.